The number of amides is 4. The molecule has 14 heteroatoms. The first-order valence-corrected chi connectivity index (χ1v) is 18.7. The van der Waals surface area contributed by atoms with E-state index in [9.17, 15) is 29.4 Å². The number of benzene rings is 2. The fraction of sp³-hybridized carbons (Fsp3) is 0.600. The summed E-state index contributed by atoms with van der Waals surface area (Å²) in [5.74, 6) is 0.196. The average molecular weight is 757 g/mol. The van der Waals surface area contributed by atoms with Crippen LogP contribution < -0.4 is 26.0 Å². The Morgan fingerprint density at radius 1 is 0.741 bits per heavy atom. The number of carbonyl (C=O) groups is 4. The zero-order valence-electron chi connectivity index (χ0n) is 32.5. The third-order valence-corrected chi connectivity index (χ3v) is 9.19. The minimum Gasteiger partial charge on any atom is -0.457 e. The zero-order chi connectivity index (χ0) is 39.7. The summed E-state index contributed by atoms with van der Waals surface area (Å²) in [5.41, 5.74) is -1.09. The molecule has 2 aromatic rings. The van der Waals surface area contributed by atoms with Crippen molar-refractivity contribution in [1.29, 1.82) is 0 Å². The van der Waals surface area contributed by atoms with Crippen LogP contribution in [-0.4, -0.2) is 104 Å². The number of aliphatic hydroxyl groups is 2. The van der Waals surface area contributed by atoms with Crippen LogP contribution in [-0.2, 0) is 28.6 Å². The van der Waals surface area contributed by atoms with Gasteiger partial charge in [-0.1, -0.05) is 58.7 Å². The van der Waals surface area contributed by atoms with E-state index in [0.29, 0.717) is 49.6 Å². The summed E-state index contributed by atoms with van der Waals surface area (Å²) in [5, 5.41) is 33.0. The number of ether oxygens (including phenoxy) is 4. The minimum absolute atomic E-state index is 0.0931. The van der Waals surface area contributed by atoms with Gasteiger partial charge in [0.05, 0.1) is 0 Å². The lowest BCUT2D eigenvalue weighted by Crippen LogP contribution is -2.65. The number of methoxy groups -OCH3 is 1. The van der Waals surface area contributed by atoms with Crippen LogP contribution in [0, 0.1) is 10.8 Å². The molecule has 0 saturated carbocycles. The number of rotatable bonds is 22. The Morgan fingerprint density at radius 3 is 1.94 bits per heavy atom. The van der Waals surface area contributed by atoms with Gasteiger partial charge in [0.25, 0.3) is 5.91 Å². The molecule has 6 N–H and O–H groups in total. The molecule has 2 aromatic carbocycles. The number of nitrogens with one attached hydrogen (secondary N) is 4. The summed E-state index contributed by atoms with van der Waals surface area (Å²) < 4.78 is 22.7. The summed E-state index contributed by atoms with van der Waals surface area (Å²) in [6.07, 6.45) is -0.786. The fourth-order valence-electron chi connectivity index (χ4n) is 6.37. The smallest absolute Gasteiger partial charge is 0.251 e. The fourth-order valence-corrected chi connectivity index (χ4v) is 6.37. The Hall–Kier alpha value is -4.08. The van der Waals surface area contributed by atoms with Crippen molar-refractivity contribution in [3.63, 3.8) is 0 Å². The Kier molecular flexibility index (Phi) is 17.8. The highest BCUT2D eigenvalue weighted by atomic mass is 16.7. The number of hydrogen-bond donors (Lipinski definition) is 6. The maximum Gasteiger partial charge on any atom is 0.251 e. The molecule has 0 radical (unpaired) electrons. The van der Waals surface area contributed by atoms with E-state index in [-0.39, 0.29) is 25.0 Å². The highest BCUT2D eigenvalue weighted by Crippen LogP contribution is 2.34. The van der Waals surface area contributed by atoms with Crippen molar-refractivity contribution >= 4 is 23.6 Å². The lowest BCUT2D eigenvalue weighted by Gasteiger charge is -2.42. The molecule has 0 aromatic heterocycles. The van der Waals surface area contributed by atoms with Crippen molar-refractivity contribution in [2.75, 3.05) is 40.0 Å². The Bertz CT molecular complexity index is 1470. The summed E-state index contributed by atoms with van der Waals surface area (Å²) >= 11 is 0. The van der Waals surface area contributed by atoms with E-state index in [2.05, 4.69) is 21.3 Å². The van der Waals surface area contributed by atoms with Crippen LogP contribution >= 0.6 is 0 Å². The normalized spacial score (nSPS) is 20.1. The number of aliphatic hydroxyl groups excluding tert-OH is 2. The molecule has 1 saturated heterocycles. The highest BCUT2D eigenvalue weighted by molar-refractivity contribution is 5.94. The van der Waals surface area contributed by atoms with Crippen LogP contribution in [0.1, 0.15) is 83.5 Å². The van der Waals surface area contributed by atoms with Gasteiger partial charge >= 0.3 is 0 Å². The molecule has 1 aliphatic rings. The first kappa shape index (κ1) is 44.3. The van der Waals surface area contributed by atoms with Gasteiger partial charge in [-0.2, -0.15) is 0 Å². The van der Waals surface area contributed by atoms with Gasteiger partial charge < -0.3 is 50.4 Å². The second kappa shape index (κ2) is 21.7. The van der Waals surface area contributed by atoms with Gasteiger partial charge in [-0.25, -0.2) is 0 Å². The summed E-state index contributed by atoms with van der Waals surface area (Å²) in [6, 6.07) is 14.8. The second-order valence-electron chi connectivity index (χ2n) is 15.0. The molecule has 5 atom stereocenters. The molecule has 1 fully saturated rings. The molecule has 3 rings (SSSR count). The Morgan fingerprint density at radius 2 is 1.33 bits per heavy atom. The molecule has 1 aliphatic heterocycles. The molecule has 0 aliphatic carbocycles. The third kappa shape index (κ3) is 14.3. The molecular weight excluding hydrogens is 696 g/mol. The molecule has 14 nitrogen and oxygen atoms in total. The number of carbonyl (C=O) groups excluding carboxylic acids is 4. The monoisotopic (exact) mass is 756 g/mol. The predicted molar refractivity (Wildman–Crippen MR) is 203 cm³/mol. The second-order valence-corrected chi connectivity index (χ2v) is 15.0. The van der Waals surface area contributed by atoms with Crippen molar-refractivity contribution in [3.05, 3.63) is 60.2 Å². The topological polar surface area (TPSA) is 194 Å². The first-order chi connectivity index (χ1) is 25.6. The zero-order valence-corrected chi connectivity index (χ0v) is 32.5. The van der Waals surface area contributed by atoms with Crippen LogP contribution in [0.4, 0.5) is 0 Å². The van der Waals surface area contributed by atoms with E-state index in [0.717, 1.165) is 25.7 Å². The van der Waals surface area contributed by atoms with E-state index in [1.54, 1.807) is 31.4 Å². The SMILES string of the molecule is COCCCNC(=O)C(C)(C)CC(C)(C)C(=O)NCCCCCCOC1OC(CNC(=O)c2ccc(Oc3ccccc3)cc2)C(O)C(O)C1NC(C)=O. The van der Waals surface area contributed by atoms with Crippen molar-refractivity contribution in [2.45, 2.75) is 104 Å². The molecule has 300 valence electrons. The molecule has 54 heavy (non-hydrogen) atoms. The quantitative estimate of drug-likeness (QED) is 0.0970. The number of para-hydroxylation sites is 1. The molecule has 1 heterocycles. The molecular formula is C40H60N4O10. The molecule has 0 spiro atoms. The van der Waals surface area contributed by atoms with Crippen molar-refractivity contribution in [1.82, 2.24) is 21.3 Å². The van der Waals surface area contributed by atoms with E-state index in [1.165, 1.54) is 6.92 Å². The predicted octanol–water partition coefficient (Wildman–Crippen LogP) is 3.45. The molecule has 4 amide bonds. The van der Waals surface area contributed by atoms with Gasteiger partial charge in [-0.05, 0) is 62.1 Å². The minimum atomic E-state index is -1.40. The van der Waals surface area contributed by atoms with Crippen LogP contribution in [0.25, 0.3) is 0 Å². The van der Waals surface area contributed by atoms with Gasteiger partial charge in [0.2, 0.25) is 17.7 Å². The summed E-state index contributed by atoms with van der Waals surface area (Å²) in [4.78, 5) is 50.5. The maximum absolute atomic E-state index is 13.0. The largest absolute Gasteiger partial charge is 0.457 e. The van der Waals surface area contributed by atoms with Gasteiger partial charge in [0.15, 0.2) is 6.29 Å². The van der Waals surface area contributed by atoms with Crippen LogP contribution in [0.15, 0.2) is 54.6 Å². The van der Waals surface area contributed by atoms with E-state index >= 15 is 0 Å². The number of unbranched alkanes of at least 4 members (excludes halogenated alkanes) is 3. The standard InChI is InChI=1S/C40H60N4O10/c1-27(45)44-32-34(47)33(46)31(25-43-35(48)28-17-19-30(20-18-28)53-29-15-10-9-11-16-29)54-36(32)52-24-13-8-7-12-21-41-37(49)39(2,3)26-40(4,5)38(50)42-22-14-23-51-6/h9-11,15-20,31-34,36,46-47H,7-8,12-14,21-26H2,1-6H3,(H,41,49)(H,42,50)(H,43,48)(H,44,45). The van der Waals surface area contributed by atoms with Gasteiger partial charge in [0.1, 0.15) is 35.9 Å². The van der Waals surface area contributed by atoms with E-state index < -0.39 is 53.3 Å². The summed E-state index contributed by atoms with van der Waals surface area (Å²) in [7, 11) is 1.62. The lowest BCUT2D eigenvalue weighted by molar-refractivity contribution is -0.262. The highest BCUT2D eigenvalue weighted by Gasteiger charge is 2.45. The number of hydrogen-bond acceptors (Lipinski definition) is 10. The third-order valence-electron chi connectivity index (χ3n) is 9.19. The Balaban J connectivity index is 1.40. The molecule has 5 unspecified atom stereocenters. The van der Waals surface area contributed by atoms with Crippen molar-refractivity contribution in [3.8, 4) is 11.5 Å². The van der Waals surface area contributed by atoms with Crippen LogP contribution in [0.3, 0.4) is 0 Å². The van der Waals surface area contributed by atoms with E-state index in [4.69, 9.17) is 18.9 Å². The van der Waals surface area contributed by atoms with Gasteiger partial charge in [-0.3, -0.25) is 19.2 Å². The maximum atomic E-state index is 13.0. The van der Waals surface area contributed by atoms with Gasteiger partial charge in [0, 0.05) is 63.3 Å². The summed E-state index contributed by atoms with van der Waals surface area (Å²) in [6.45, 7) is 10.4. The average Bonchev–Trinajstić information content (AvgIpc) is 3.13. The first-order valence-electron chi connectivity index (χ1n) is 18.7. The Labute approximate surface area is 319 Å². The lowest BCUT2D eigenvalue weighted by atomic mass is 9.74. The van der Waals surface area contributed by atoms with Gasteiger partial charge in [-0.15, -0.1) is 0 Å². The van der Waals surface area contributed by atoms with Crippen LogP contribution in [0.5, 0.6) is 11.5 Å². The van der Waals surface area contributed by atoms with Crippen molar-refractivity contribution in [2.24, 2.45) is 10.8 Å². The van der Waals surface area contributed by atoms with E-state index in [1.807, 2.05) is 58.0 Å². The molecule has 0 bridgehead atoms. The van der Waals surface area contributed by atoms with Crippen molar-refractivity contribution < 1.29 is 48.3 Å². The van der Waals surface area contributed by atoms with Crippen LogP contribution in [0.2, 0.25) is 0 Å².